The van der Waals surface area contributed by atoms with Crippen LogP contribution in [0.15, 0.2) is 72.8 Å². The summed E-state index contributed by atoms with van der Waals surface area (Å²) in [6.45, 7) is 1.66. The van der Waals surface area contributed by atoms with Gasteiger partial charge in [0.1, 0.15) is 11.6 Å². The van der Waals surface area contributed by atoms with Crippen LogP contribution in [-0.4, -0.2) is 15.9 Å². The second-order valence-electron chi connectivity index (χ2n) is 6.32. The monoisotopic (exact) mass is 372 g/mol. The number of benzene rings is 3. The van der Waals surface area contributed by atoms with Gasteiger partial charge in [-0.3, -0.25) is 4.79 Å². The minimum Gasteiger partial charge on any atom is -0.340 e. The summed E-state index contributed by atoms with van der Waals surface area (Å²) in [7, 11) is 0. The normalized spacial score (nSPS) is 10.6. The van der Waals surface area contributed by atoms with Crippen molar-refractivity contribution < 1.29 is 9.18 Å². The molecule has 1 aromatic heterocycles. The second-order valence-corrected chi connectivity index (χ2v) is 6.32. The first kappa shape index (κ1) is 17.6. The van der Waals surface area contributed by atoms with Crippen LogP contribution in [0.4, 0.5) is 21.6 Å². The van der Waals surface area contributed by atoms with Gasteiger partial charge < -0.3 is 10.6 Å². The van der Waals surface area contributed by atoms with Gasteiger partial charge in [0.15, 0.2) is 0 Å². The molecule has 0 aliphatic rings. The van der Waals surface area contributed by atoms with Gasteiger partial charge in [0, 0.05) is 16.8 Å². The number of hydrogen-bond donors (Lipinski definition) is 2. The Kier molecular flexibility index (Phi) is 4.68. The van der Waals surface area contributed by atoms with Gasteiger partial charge in [0.2, 0.25) is 5.82 Å². The fraction of sp³-hybridized carbons (Fsp3) is 0.0455. The minimum atomic E-state index is -0.509. The zero-order valence-corrected chi connectivity index (χ0v) is 15.1. The molecule has 1 amide bonds. The third-order valence-corrected chi connectivity index (χ3v) is 4.27. The van der Waals surface area contributed by atoms with Crippen molar-refractivity contribution in [2.75, 3.05) is 10.6 Å². The van der Waals surface area contributed by atoms with Gasteiger partial charge in [0.05, 0.1) is 5.52 Å². The molecule has 6 heteroatoms. The SMILES string of the molecule is Cc1ccc(NC(=O)c2nc(Nc3ccccc3)c3ccccc3n2)cc1F. The van der Waals surface area contributed by atoms with Gasteiger partial charge in [0.25, 0.3) is 5.91 Å². The summed E-state index contributed by atoms with van der Waals surface area (Å²) in [5.41, 5.74) is 2.34. The number of amides is 1. The van der Waals surface area contributed by atoms with E-state index in [0.717, 1.165) is 11.1 Å². The van der Waals surface area contributed by atoms with Crippen molar-refractivity contribution in [2.24, 2.45) is 0 Å². The van der Waals surface area contributed by atoms with Crippen LogP contribution in [0.3, 0.4) is 0 Å². The average Bonchev–Trinajstić information content (AvgIpc) is 2.71. The predicted octanol–water partition coefficient (Wildman–Crippen LogP) is 5.07. The number of carbonyl (C=O) groups is 1. The Bertz CT molecular complexity index is 1160. The highest BCUT2D eigenvalue weighted by atomic mass is 19.1. The Morgan fingerprint density at radius 1 is 0.893 bits per heavy atom. The number of aromatic nitrogens is 2. The zero-order valence-electron chi connectivity index (χ0n) is 15.1. The minimum absolute atomic E-state index is 0.00175. The van der Waals surface area contributed by atoms with Crippen molar-refractivity contribution in [1.29, 1.82) is 0 Å². The number of aryl methyl sites for hydroxylation is 1. The molecule has 0 aliphatic carbocycles. The molecule has 0 unspecified atom stereocenters. The molecule has 28 heavy (non-hydrogen) atoms. The first-order chi connectivity index (χ1) is 13.6. The highest BCUT2D eigenvalue weighted by Crippen LogP contribution is 2.24. The van der Waals surface area contributed by atoms with E-state index in [1.807, 2.05) is 54.6 Å². The maximum atomic E-state index is 13.8. The van der Waals surface area contributed by atoms with E-state index in [1.54, 1.807) is 19.1 Å². The highest BCUT2D eigenvalue weighted by Gasteiger charge is 2.15. The van der Waals surface area contributed by atoms with E-state index in [4.69, 9.17) is 0 Å². The Hall–Kier alpha value is -3.80. The molecule has 0 aliphatic heterocycles. The third-order valence-electron chi connectivity index (χ3n) is 4.27. The largest absolute Gasteiger partial charge is 0.340 e. The molecule has 0 saturated heterocycles. The van der Waals surface area contributed by atoms with Crippen LogP contribution in [0.1, 0.15) is 16.2 Å². The molecule has 0 saturated carbocycles. The molecule has 0 fully saturated rings. The summed E-state index contributed by atoms with van der Waals surface area (Å²) >= 11 is 0. The van der Waals surface area contributed by atoms with E-state index >= 15 is 0 Å². The van der Waals surface area contributed by atoms with Crippen LogP contribution in [0.25, 0.3) is 10.9 Å². The summed E-state index contributed by atoms with van der Waals surface area (Å²) in [5, 5.41) is 6.68. The molecule has 4 aromatic rings. The number of hydrogen-bond acceptors (Lipinski definition) is 4. The van der Waals surface area contributed by atoms with Gasteiger partial charge in [-0.15, -0.1) is 0 Å². The molecule has 1 heterocycles. The number of nitrogens with zero attached hydrogens (tertiary/aromatic N) is 2. The van der Waals surface area contributed by atoms with Crippen LogP contribution in [0, 0.1) is 12.7 Å². The van der Waals surface area contributed by atoms with E-state index < -0.39 is 5.91 Å². The maximum Gasteiger partial charge on any atom is 0.293 e. The van der Waals surface area contributed by atoms with E-state index in [1.165, 1.54) is 6.07 Å². The van der Waals surface area contributed by atoms with E-state index in [-0.39, 0.29) is 11.6 Å². The van der Waals surface area contributed by atoms with Crippen molar-refractivity contribution in [3.8, 4) is 0 Å². The number of nitrogens with one attached hydrogen (secondary N) is 2. The van der Waals surface area contributed by atoms with Crippen molar-refractivity contribution in [3.05, 3.63) is 90.0 Å². The molecule has 138 valence electrons. The smallest absolute Gasteiger partial charge is 0.293 e. The van der Waals surface area contributed by atoms with Gasteiger partial charge in [-0.25, -0.2) is 14.4 Å². The van der Waals surface area contributed by atoms with Crippen molar-refractivity contribution in [1.82, 2.24) is 9.97 Å². The fourth-order valence-electron chi connectivity index (χ4n) is 2.79. The van der Waals surface area contributed by atoms with Gasteiger partial charge in [-0.2, -0.15) is 0 Å². The predicted molar refractivity (Wildman–Crippen MR) is 108 cm³/mol. The summed E-state index contributed by atoms with van der Waals surface area (Å²) < 4.78 is 13.8. The van der Waals surface area contributed by atoms with E-state index in [0.29, 0.717) is 22.6 Å². The van der Waals surface area contributed by atoms with Crippen LogP contribution in [0.5, 0.6) is 0 Å². The lowest BCUT2D eigenvalue weighted by Crippen LogP contribution is -2.17. The second kappa shape index (κ2) is 7.44. The third kappa shape index (κ3) is 3.66. The Labute approximate surface area is 161 Å². The molecule has 0 spiro atoms. The Balaban J connectivity index is 1.70. The highest BCUT2D eigenvalue weighted by molar-refractivity contribution is 6.04. The fourth-order valence-corrected chi connectivity index (χ4v) is 2.79. The summed E-state index contributed by atoms with van der Waals surface area (Å²) in [4.78, 5) is 21.4. The lowest BCUT2D eigenvalue weighted by molar-refractivity contribution is 0.101. The quantitative estimate of drug-likeness (QED) is 0.525. The molecule has 3 aromatic carbocycles. The molecule has 2 N–H and O–H groups in total. The number of rotatable bonds is 4. The van der Waals surface area contributed by atoms with Crippen LogP contribution < -0.4 is 10.6 Å². The molecule has 0 bridgehead atoms. The van der Waals surface area contributed by atoms with Gasteiger partial charge in [-0.05, 0) is 48.9 Å². The summed E-state index contributed by atoms with van der Waals surface area (Å²) in [6, 6.07) is 21.5. The molecular weight excluding hydrogens is 355 g/mol. The number of para-hydroxylation sites is 2. The van der Waals surface area contributed by atoms with Gasteiger partial charge >= 0.3 is 0 Å². The van der Waals surface area contributed by atoms with Crippen molar-refractivity contribution in [2.45, 2.75) is 6.92 Å². The van der Waals surface area contributed by atoms with Crippen LogP contribution in [-0.2, 0) is 0 Å². The van der Waals surface area contributed by atoms with Crippen LogP contribution in [0.2, 0.25) is 0 Å². The lowest BCUT2D eigenvalue weighted by Gasteiger charge is -2.11. The van der Waals surface area contributed by atoms with Crippen molar-refractivity contribution in [3.63, 3.8) is 0 Å². The summed E-state index contributed by atoms with van der Waals surface area (Å²) in [5.74, 6) is -0.371. The lowest BCUT2D eigenvalue weighted by atomic mass is 10.2. The average molecular weight is 372 g/mol. The number of anilines is 3. The number of carbonyl (C=O) groups excluding carboxylic acids is 1. The van der Waals surface area contributed by atoms with E-state index in [9.17, 15) is 9.18 Å². The molecule has 0 radical (unpaired) electrons. The first-order valence-electron chi connectivity index (χ1n) is 8.76. The standard InChI is InChI=1S/C22H17FN4O/c1-14-11-12-16(13-18(14)23)25-22(28)21-26-19-10-6-5-9-17(19)20(27-21)24-15-7-3-2-4-8-15/h2-13H,1H3,(H,25,28)(H,24,26,27). The Morgan fingerprint density at radius 3 is 2.43 bits per heavy atom. The topological polar surface area (TPSA) is 66.9 Å². The molecular formula is C22H17FN4O. The summed E-state index contributed by atoms with van der Waals surface area (Å²) in [6.07, 6.45) is 0. The molecule has 5 nitrogen and oxygen atoms in total. The van der Waals surface area contributed by atoms with Crippen molar-refractivity contribution >= 4 is 34.0 Å². The number of halogens is 1. The maximum absolute atomic E-state index is 13.8. The molecule has 0 atom stereocenters. The zero-order chi connectivity index (χ0) is 19.5. The van der Waals surface area contributed by atoms with Crippen LogP contribution >= 0.6 is 0 Å². The Morgan fingerprint density at radius 2 is 1.64 bits per heavy atom. The molecule has 4 rings (SSSR count). The first-order valence-corrected chi connectivity index (χ1v) is 8.76. The van der Waals surface area contributed by atoms with E-state index in [2.05, 4.69) is 20.6 Å². The van der Waals surface area contributed by atoms with Gasteiger partial charge in [-0.1, -0.05) is 36.4 Å². The number of fused-ring (bicyclic) bond motifs is 1.